The van der Waals surface area contributed by atoms with Crippen molar-refractivity contribution in [3.63, 3.8) is 0 Å². The number of pyridine rings is 1. The van der Waals surface area contributed by atoms with Gasteiger partial charge in [-0.25, -0.2) is 4.98 Å². The highest BCUT2D eigenvalue weighted by Crippen LogP contribution is 2.33. The first-order valence-corrected chi connectivity index (χ1v) is 8.00. The predicted molar refractivity (Wildman–Crippen MR) is 87.7 cm³/mol. The number of nitrogens with zero attached hydrogens (tertiary/aromatic N) is 1. The number of hydrogen-bond donors (Lipinski definition) is 1. The van der Waals surface area contributed by atoms with Crippen molar-refractivity contribution < 1.29 is 4.74 Å². The minimum absolute atomic E-state index is 0.0422. The van der Waals surface area contributed by atoms with Gasteiger partial charge in [0, 0.05) is 24.2 Å². The van der Waals surface area contributed by atoms with Crippen LogP contribution in [0.4, 0.5) is 5.82 Å². The summed E-state index contributed by atoms with van der Waals surface area (Å²) >= 11 is 0. The Balaban J connectivity index is 1.82. The third-order valence-electron chi connectivity index (χ3n) is 4.80. The smallest absolute Gasteiger partial charge is 0.134 e. The van der Waals surface area contributed by atoms with E-state index in [0.29, 0.717) is 6.04 Å². The zero-order valence-electron chi connectivity index (χ0n) is 12.9. The van der Waals surface area contributed by atoms with E-state index < -0.39 is 0 Å². The molecule has 3 nitrogen and oxygen atoms in total. The highest BCUT2D eigenvalue weighted by atomic mass is 16.5. The van der Waals surface area contributed by atoms with E-state index in [9.17, 15) is 0 Å². The van der Waals surface area contributed by atoms with E-state index in [-0.39, 0.29) is 5.60 Å². The maximum absolute atomic E-state index is 6.06. The van der Waals surface area contributed by atoms with E-state index in [1.165, 1.54) is 10.8 Å². The summed E-state index contributed by atoms with van der Waals surface area (Å²) in [5.41, 5.74) is 0.0422. The van der Waals surface area contributed by atoms with Crippen LogP contribution in [0.3, 0.4) is 0 Å². The number of ether oxygens (including phenoxy) is 1. The zero-order chi connectivity index (χ0) is 14.7. The number of aromatic nitrogens is 1. The maximum atomic E-state index is 6.06. The van der Waals surface area contributed by atoms with Crippen molar-refractivity contribution in [1.82, 2.24) is 4.98 Å². The van der Waals surface area contributed by atoms with Crippen molar-refractivity contribution in [2.45, 2.75) is 51.2 Å². The first-order valence-electron chi connectivity index (χ1n) is 8.00. The van der Waals surface area contributed by atoms with Gasteiger partial charge in [-0.05, 0) is 37.1 Å². The summed E-state index contributed by atoms with van der Waals surface area (Å²) in [5.74, 6) is 1.00. The largest absolute Gasteiger partial charge is 0.375 e. The van der Waals surface area contributed by atoms with Crippen LogP contribution in [0.5, 0.6) is 0 Å². The molecule has 1 fully saturated rings. The van der Waals surface area contributed by atoms with E-state index in [1.54, 1.807) is 0 Å². The van der Waals surface area contributed by atoms with Gasteiger partial charge in [-0.3, -0.25) is 0 Å². The molecule has 3 heteroatoms. The van der Waals surface area contributed by atoms with Crippen LogP contribution in [0.2, 0.25) is 0 Å². The van der Waals surface area contributed by atoms with Gasteiger partial charge in [-0.2, -0.15) is 0 Å². The molecule has 112 valence electrons. The average Bonchev–Trinajstić information content (AvgIpc) is 2.55. The van der Waals surface area contributed by atoms with Crippen molar-refractivity contribution in [1.29, 1.82) is 0 Å². The summed E-state index contributed by atoms with van der Waals surface area (Å²) < 4.78 is 6.06. The summed E-state index contributed by atoms with van der Waals surface area (Å²) in [4.78, 5) is 4.55. The minimum atomic E-state index is 0.0422. The Morgan fingerprint density at radius 1 is 1.24 bits per heavy atom. The van der Waals surface area contributed by atoms with Gasteiger partial charge in [0.15, 0.2) is 0 Å². The molecule has 2 aromatic rings. The second kappa shape index (κ2) is 6.02. The molecule has 1 aromatic heterocycles. The zero-order valence-corrected chi connectivity index (χ0v) is 12.9. The van der Waals surface area contributed by atoms with Gasteiger partial charge >= 0.3 is 0 Å². The van der Waals surface area contributed by atoms with Gasteiger partial charge < -0.3 is 10.1 Å². The fraction of sp³-hybridized carbons (Fsp3) is 0.500. The van der Waals surface area contributed by atoms with Gasteiger partial charge in [-0.1, -0.05) is 38.1 Å². The third-order valence-corrected chi connectivity index (χ3v) is 4.80. The van der Waals surface area contributed by atoms with Crippen LogP contribution in [0.25, 0.3) is 10.8 Å². The Kier molecular flexibility index (Phi) is 4.11. The van der Waals surface area contributed by atoms with Crippen molar-refractivity contribution >= 4 is 16.6 Å². The molecule has 1 N–H and O–H groups in total. The highest BCUT2D eigenvalue weighted by Gasteiger charge is 2.34. The van der Waals surface area contributed by atoms with E-state index in [2.05, 4.69) is 54.5 Å². The van der Waals surface area contributed by atoms with Gasteiger partial charge in [0.25, 0.3) is 0 Å². The summed E-state index contributed by atoms with van der Waals surface area (Å²) in [6.45, 7) is 5.29. The van der Waals surface area contributed by atoms with Crippen LogP contribution in [0.15, 0.2) is 36.5 Å². The lowest BCUT2D eigenvalue weighted by Crippen LogP contribution is -2.43. The van der Waals surface area contributed by atoms with Crippen LogP contribution >= 0.6 is 0 Å². The Morgan fingerprint density at radius 3 is 2.86 bits per heavy atom. The van der Waals surface area contributed by atoms with E-state index in [1.807, 2.05) is 6.20 Å². The summed E-state index contributed by atoms with van der Waals surface area (Å²) in [7, 11) is 0. The second-order valence-corrected chi connectivity index (χ2v) is 5.95. The SMILES string of the molecule is CCC1(CC)CC(Nc2nccc3ccccc23)CCO1. The van der Waals surface area contributed by atoms with Crippen LogP contribution < -0.4 is 5.32 Å². The molecule has 0 bridgehead atoms. The molecule has 1 unspecified atom stereocenters. The molecule has 0 spiro atoms. The van der Waals surface area contributed by atoms with Crippen molar-refractivity contribution in [2.24, 2.45) is 0 Å². The van der Waals surface area contributed by atoms with E-state index >= 15 is 0 Å². The standard InChI is InChI=1S/C18H24N2O/c1-3-18(4-2)13-15(10-12-21-18)20-17-16-8-6-5-7-14(16)9-11-19-17/h5-9,11,15H,3-4,10,12-13H2,1-2H3,(H,19,20). The molecular weight excluding hydrogens is 260 g/mol. The fourth-order valence-corrected chi connectivity index (χ4v) is 3.32. The molecule has 21 heavy (non-hydrogen) atoms. The molecule has 0 saturated carbocycles. The van der Waals surface area contributed by atoms with Crippen molar-refractivity contribution in [3.05, 3.63) is 36.5 Å². The van der Waals surface area contributed by atoms with Crippen molar-refractivity contribution in [3.8, 4) is 0 Å². The summed E-state index contributed by atoms with van der Waals surface area (Å²) in [5, 5.41) is 6.09. The fourth-order valence-electron chi connectivity index (χ4n) is 3.32. The monoisotopic (exact) mass is 284 g/mol. The molecule has 0 radical (unpaired) electrons. The molecule has 1 aliphatic heterocycles. The van der Waals surface area contributed by atoms with Crippen LogP contribution in [0.1, 0.15) is 39.5 Å². The molecule has 1 aromatic carbocycles. The van der Waals surface area contributed by atoms with E-state index in [4.69, 9.17) is 4.74 Å². The first-order chi connectivity index (χ1) is 10.3. The Hall–Kier alpha value is -1.61. The quantitative estimate of drug-likeness (QED) is 0.904. The lowest BCUT2D eigenvalue weighted by atomic mass is 9.86. The van der Waals surface area contributed by atoms with Gasteiger partial charge in [0.1, 0.15) is 5.82 Å². The second-order valence-electron chi connectivity index (χ2n) is 5.95. The molecule has 1 saturated heterocycles. The number of hydrogen-bond acceptors (Lipinski definition) is 3. The van der Waals surface area contributed by atoms with E-state index in [0.717, 1.165) is 38.1 Å². The topological polar surface area (TPSA) is 34.2 Å². The van der Waals surface area contributed by atoms with Gasteiger partial charge in [-0.15, -0.1) is 0 Å². The molecule has 3 rings (SSSR count). The van der Waals surface area contributed by atoms with Gasteiger partial charge in [0.2, 0.25) is 0 Å². The maximum Gasteiger partial charge on any atom is 0.134 e. The highest BCUT2D eigenvalue weighted by molar-refractivity contribution is 5.91. The van der Waals surface area contributed by atoms with Crippen molar-refractivity contribution in [2.75, 3.05) is 11.9 Å². The predicted octanol–water partition coefficient (Wildman–Crippen LogP) is 4.38. The van der Waals surface area contributed by atoms with Crippen LogP contribution in [0, 0.1) is 0 Å². The summed E-state index contributed by atoms with van der Waals surface area (Å²) in [6, 6.07) is 10.9. The molecular formula is C18H24N2O. The summed E-state index contributed by atoms with van der Waals surface area (Å²) in [6.07, 6.45) is 6.14. The lowest BCUT2D eigenvalue weighted by molar-refractivity contribution is -0.0864. The number of benzene rings is 1. The van der Waals surface area contributed by atoms with Crippen LogP contribution in [-0.2, 0) is 4.74 Å². The Labute approximate surface area is 126 Å². The number of rotatable bonds is 4. The third kappa shape index (κ3) is 2.88. The Bertz CT molecular complexity index is 602. The van der Waals surface area contributed by atoms with Gasteiger partial charge in [0.05, 0.1) is 5.60 Å². The molecule has 1 aliphatic rings. The number of fused-ring (bicyclic) bond motifs is 1. The average molecular weight is 284 g/mol. The minimum Gasteiger partial charge on any atom is -0.375 e. The lowest BCUT2D eigenvalue weighted by Gasteiger charge is -2.40. The molecule has 2 heterocycles. The Morgan fingerprint density at radius 2 is 2.05 bits per heavy atom. The first kappa shape index (κ1) is 14.3. The van der Waals surface area contributed by atoms with Crippen LogP contribution in [-0.4, -0.2) is 23.2 Å². The molecule has 0 amide bonds. The number of nitrogens with one attached hydrogen (secondary N) is 1. The number of anilines is 1. The normalized spacial score (nSPS) is 21.3. The molecule has 0 aliphatic carbocycles. The molecule has 1 atom stereocenters.